The Hall–Kier alpha value is -4.77. The summed E-state index contributed by atoms with van der Waals surface area (Å²) in [4.78, 5) is 28.9. The Balaban J connectivity index is 1.14. The second-order valence-corrected chi connectivity index (χ2v) is 9.78. The Kier molecular flexibility index (Phi) is 6.41. The van der Waals surface area contributed by atoms with Gasteiger partial charge in [0, 0.05) is 40.5 Å². The average molecular weight is 544 g/mol. The summed E-state index contributed by atoms with van der Waals surface area (Å²) < 4.78 is 31.5. The molecule has 196 valence electrons. The number of H-pyrrole nitrogens is 1. The van der Waals surface area contributed by atoms with Crippen LogP contribution in [0.3, 0.4) is 0 Å². The monoisotopic (exact) mass is 543 g/mol. The molecule has 0 spiro atoms. The van der Waals surface area contributed by atoms with E-state index in [-0.39, 0.29) is 19.0 Å². The van der Waals surface area contributed by atoms with Gasteiger partial charge in [-0.15, -0.1) is 11.3 Å². The number of hydrogen-bond donors (Lipinski definition) is 2. The van der Waals surface area contributed by atoms with E-state index in [0.29, 0.717) is 33.1 Å². The zero-order valence-corrected chi connectivity index (χ0v) is 21.8. The number of halogens is 1. The Morgan fingerprint density at radius 3 is 2.85 bits per heavy atom. The van der Waals surface area contributed by atoms with Crippen LogP contribution in [0, 0.1) is 12.7 Å². The van der Waals surface area contributed by atoms with Gasteiger partial charge in [-0.1, -0.05) is 0 Å². The number of aromatic amines is 1. The van der Waals surface area contributed by atoms with Gasteiger partial charge in [-0.25, -0.2) is 24.1 Å². The van der Waals surface area contributed by atoms with Gasteiger partial charge in [-0.2, -0.15) is 0 Å². The number of thiazole rings is 1. The van der Waals surface area contributed by atoms with Crippen molar-refractivity contribution in [1.82, 2.24) is 19.9 Å². The van der Waals surface area contributed by atoms with Gasteiger partial charge in [-0.05, 0) is 48.9 Å². The zero-order chi connectivity index (χ0) is 26.9. The highest BCUT2D eigenvalue weighted by atomic mass is 32.1. The fraction of sp³-hybridized carbons (Fsp3) is 0.143. The van der Waals surface area contributed by atoms with Crippen LogP contribution >= 0.6 is 11.3 Å². The van der Waals surface area contributed by atoms with Crippen LogP contribution in [0.4, 0.5) is 14.9 Å². The Bertz CT molecular complexity index is 1850. The molecule has 11 heteroatoms. The molecule has 1 amide bonds. The zero-order valence-electron chi connectivity index (χ0n) is 20.9. The molecule has 6 aromatic rings. The molecule has 0 unspecified atom stereocenters. The van der Waals surface area contributed by atoms with E-state index in [1.54, 1.807) is 25.4 Å². The Labute approximate surface area is 225 Å². The van der Waals surface area contributed by atoms with Crippen LogP contribution < -0.4 is 14.8 Å². The van der Waals surface area contributed by atoms with Crippen molar-refractivity contribution in [2.24, 2.45) is 0 Å². The molecule has 0 aliphatic heterocycles. The maximum atomic E-state index is 14.8. The van der Waals surface area contributed by atoms with Crippen molar-refractivity contribution in [3.8, 4) is 22.2 Å². The predicted molar refractivity (Wildman–Crippen MR) is 148 cm³/mol. The van der Waals surface area contributed by atoms with Gasteiger partial charge in [-0.3, -0.25) is 5.32 Å². The maximum Gasteiger partial charge on any atom is 0.411 e. The van der Waals surface area contributed by atoms with Crippen LogP contribution in [0.25, 0.3) is 42.7 Å². The van der Waals surface area contributed by atoms with Gasteiger partial charge in [0.15, 0.2) is 11.6 Å². The number of hydrogen-bond acceptors (Lipinski definition) is 8. The minimum absolute atomic E-state index is 0.0156. The molecule has 0 radical (unpaired) electrons. The molecule has 9 nitrogen and oxygen atoms in total. The lowest BCUT2D eigenvalue weighted by Gasteiger charge is -2.09. The lowest BCUT2D eigenvalue weighted by molar-refractivity contribution is 0.136. The van der Waals surface area contributed by atoms with E-state index in [9.17, 15) is 9.18 Å². The van der Waals surface area contributed by atoms with Crippen LogP contribution in [0.1, 0.15) is 5.56 Å². The molecule has 6 rings (SSSR count). The maximum absolute atomic E-state index is 14.8. The second-order valence-electron chi connectivity index (χ2n) is 8.75. The number of nitrogens with zero attached hydrogens (tertiary/aromatic N) is 3. The molecule has 0 atom stereocenters. The first kappa shape index (κ1) is 24.6. The van der Waals surface area contributed by atoms with Gasteiger partial charge < -0.3 is 19.2 Å². The summed E-state index contributed by atoms with van der Waals surface area (Å²) in [5.74, 6) is -0.0765. The fourth-order valence-corrected chi connectivity index (χ4v) is 5.23. The molecule has 0 aliphatic rings. The van der Waals surface area contributed by atoms with E-state index in [1.807, 2.05) is 43.5 Å². The van der Waals surface area contributed by atoms with E-state index >= 15 is 0 Å². The van der Waals surface area contributed by atoms with Gasteiger partial charge in [0.05, 0.1) is 34.6 Å². The third kappa shape index (κ3) is 5.04. The third-order valence-corrected chi connectivity index (χ3v) is 7.08. The topological polar surface area (TPSA) is 111 Å². The lowest BCUT2D eigenvalue weighted by Crippen LogP contribution is -2.17. The highest BCUT2D eigenvalue weighted by molar-refractivity contribution is 7.21. The van der Waals surface area contributed by atoms with Gasteiger partial charge in [0.25, 0.3) is 0 Å². The first-order chi connectivity index (χ1) is 19.0. The van der Waals surface area contributed by atoms with Crippen molar-refractivity contribution in [3.05, 3.63) is 72.3 Å². The summed E-state index contributed by atoms with van der Waals surface area (Å²) in [6.07, 6.45) is 2.76. The number of fused-ring (bicyclic) bond motifs is 3. The number of rotatable bonds is 7. The fourth-order valence-electron chi connectivity index (χ4n) is 4.24. The van der Waals surface area contributed by atoms with E-state index in [2.05, 4.69) is 25.3 Å². The average Bonchev–Trinajstić information content (AvgIpc) is 3.56. The van der Waals surface area contributed by atoms with E-state index in [1.165, 1.54) is 17.4 Å². The predicted octanol–water partition coefficient (Wildman–Crippen LogP) is 6.47. The van der Waals surface area contributed by atoms with Crippen LogP contribution in [-0.4, -0.2) is 46.4 Å². The summed E-state index contributed by atoms with van der Waals surface area (Å²) in [6, 6.07) is 14.2. The molecule has 3 aromatic carbocycles. The van der Waals surface area contributed by atoms with Crippen molar-refractivity contribution < 1.29 is 23.4 Å². The summed E-state index contributed by atoms with van der Waals surface area (Å²) >= 11 is 1.40. The normalized spacial score (nSPS) is 11.3. The van der Waals surface area contributed by atoms with E-state index < -0.39 is 11.9 Å². The molecular weight excluding hydrogens is 521 g/mol. The molecule has 0 saturated heterocycles. The highest BCUT2D eigenvalue weighted by Gasteiger charge is 2.16. The van der Waals surface area contributed by atoms with Crippen molar-refractivity contribution in [3.63, 3.8) is 0 Å². The minimum atomic E-state index is -0.623. The first-order valence-electron chi connectivity index (χ1n) is 12.0. The van der Waals surface area contributed by atoms with Gasteiger partial charge in [0.1, 0.15) is 18.2 Å². The lowest BCUT2D eigenvalue weighted by atomic mass is 10.1. The van der Waals surface area contributed by atoms with Crippen LogP contribution in [0.5, 0.6) is 11.6 Å². The minimum Gasteiger partial charge on any atom is -0.487 e. The smallest absolute Gasteiger partial charge is 0.411 e. The summed E-state index contributed by atoms with van der Waals surface area (Å²) in [5.41, 5.74) is 5.25. The van der Waals surface area contributed by atoms with Crippen molar-refractivity contribution >= 4 is 55.3 Å². The highest BCUT2D eigenvalue weighted by Crippen LogP contribution is 2.37. The number of methoxy groups -OCH3 is 1. The summed E-state index contributed by atoms with van der Waals surface area (Å²) in [7, 11) is 1.54. The first-order valence-corrected chi connectivity index (χ1v) is 12.8. The Morgan fingerprint density at radius 2 is 1.97 bits per heavy atom. The standard InChI is InChI=1S/C28H22FN5O4S/c1-15-9-18(26-22(10-15)33-25(36-2)14-31-26)27-34-21-12-19(29)23(13-24(21)39-27)37-7-8-38-28(35)32-17-3-4-20-16(11-17)5-6-30-20/h3-6,9-14,30H,7-8H2,1-2H3,(H,32,35). The Morgan fingerprint density at radius 1 is 1.08 bits per heavy atom. The molecule has 0 aliphatic carbocycles. The molecular formula is C28H22FN5O4S. The molecule has 3 heterocycles. The molecule has 0 saturated carbocycles. The molecule has 3 aromatic heterocycles. The number of anilines is 1. The van der Waals surface area contributed by atoms with Crippen molar-refractivity contribution in [2.75, 3.05) is 25.6 Å². The van der Waals surface area contributed by atoms with Crippen molar-refractivity contribution in [2.45, 2.75) is 6.92 Å². The number of ether oxygens (including phenoxy) is 3. The molecule has 0 fully saturated rings. The number of carbonyl (C=O) groups is 1. The third-order valence-electron chi connectivity index (χ3n) is 6.02. The summed E-state index contributed by atoms with van der Waals surface area (Å²) in [6.45, 7) is 1.89. The number of aromatic nitrogens is 4. The van der Waals surface area contributed by atoms with Gasteiger partial charge >= 0.3 is 6.09 Å². The second kappa shape index (κ2) is 10.2. The number of aryl methyl sites for hydroxylation is 1. The molecule has 0 bridgehead atoms. The SMILES string of the molecule is COc1cnc2c(-c3nc4cc(F)c(OCCOC(=O)Nc5ccc6[nH]ccc6c5)cc4s3)cc(C)cc2n1. The quantitative estimate of drug-likeness (QED) is 0.222. The molecule has 2 N–H and O–H groups in total. The number of benzene rings is 3. The van der Waals surface area contributed by atoms with E-state index in [0.717, 1.165) is 26.7 Å². The molecule has 39 heavy (non-hydrogen) atoms. The van der Waals surface area contributed by atoms with E-state index in [4.69, 9.17) is 14.2 Å². The van der Waals surface area contributed by atoms with Crippen molar-refractivity contribution in [1.29, 1.82) is 0 Å². The van der Waals surface area contributed by atoms with Crippen LogP contribution in [-0.2, 0) is 4.74 Å². The number of amides is 1. The summed E-state index contributed by atoms with van der Waals surface area (Å²) in [5, 5.41) is 4.33. The van der Waals surface area contributed by atoms with Crippen LogP contribution in [0.15, 0.2) is 60.9 Å². The number of carbonyl (C=O) groups excluding carboxylic acids is 1. The number of nitrogens with one attached hydrogen (secondary N) is 2. The largest absolute Gasteiger partial charge is 0.487 e. The van der Waals surface area contributed by atoms with Crippen LogP contribution in [0.2, 0.25) is 0 Å². The van der Waals surface area contributed by atoms with Gasteiger partial charge in [0.2, 0.25) is 5.88 Å².